The quantitative estimate of drug-likeness (QED) is 0.754. The molecule has 0 spiro atoms. The molecule has 2 rings (SSSR count). The van der Waals surface area contributed by atoms with E-state index >= 15 is 0 Å². The van der Waals surface area contributed by atoms with E-state index in [-0.39, 0.29) is 5.41 Å². The van der Waals surface area contributed by atoms with E-state index in [2.05, 4.69) is 37.9 Å². The molecule has 15 heavy (non-hydrogen) atoms. The van der Waals surface area contributed by atoms with Crippen LogP contribution in [-0.4, -0.2) is 12.1 Å². The standard InChI is InChI=1S/C13H17NO/c1-13(2,3)11-8-9-6-5-7-10(15-4)12(9)14-11/h5-8,14H,1-4H3. The van der Waals surface area contributed by atoms with Gasteiger partial charge in [-0.1, -0.05) is 32.9 Å². The van der Waals surface area contributed by atoms with Crippen molar-refractivity contribution in [1.29, 1.82) is 0 Å². The molecular formula is C13H17NO. The van der Waals surface area contributed by atoms with Gasteiger partial charge in [-0.3, -0.25) is 0 Å². The highest BCUT2D eigenvalue weighted by Gasteiger charge is 2.17. The van der Waals surface area contributed by atoms with Gasteiger partial charge in [-0.15, -0.1) is 0 Å². The molecule has 0 atom stereocenters. The molecule has 2 heteroatoms. The van der Waals surface area contributed by atoms with Crippen molar-refractivity contribution in [2.24, 2.45) is 0 Å². The Kier molecular flexibility index (Phi) is 2.22. The molecule has 0 aliphatic rings. The van der Waals surface area contributed by atoms with E-state index in [4.69, 9.17) is 4.74 Å². The number of rotatable bonds is 1. The molecule has 2 nitrogen and oxygen atoms in total. The number of H-pyrrole nitrogens is 1. The summed E-state index contributed by atoms with van der Waals surface area (Å²) in [6.07, 6.45) is 0. The van der Waals surface area contributed by atoms with E-state index in [1.807, 2.05) is 12.1 Å². The van der Waals surface area contributed by atoms with Crippen LogP contribution < -0.4 is 4.74 Å². The van der Waals surface area contributed by atoms with E-state index in [1.54, 1.807) is 7.11 Å². The fourth-order valence-electron chi connectivity index (χ4n) is 1.70. The summed E-state index contributed by atoms with van der Waals surface area (Å²) in [5, 5.41) is 1.21. The Balaban J connectivity index is 2.65. The fraction of sp³-hybridized carbons (Fsp3) is 0.385. The molecule has 0 bridgehead atoms. The van der Waals surface area contributed by atoms with Gasteiger partial charge in [-0.25, -0.2) is 0 Å². The lowest BCUT2D eigenvalue weighted by atomic mass is 9.92. The van der Waals surface area contributed by atoms with Gasteiger partial charge in [-0.2, -0.15) is 0 Å². The summed E-state index contributed by atoms with van der Waals surface area (Å²) in [6, 6.07) is 8.29. The molecule has 0 aliphatic heterocycles. The summed E-state index contributed by atoms with van der Waals surface area (Å²) in [6.45, 7) is 6.60. The van der Waals surface area contributed by atoms with Crippen LogP contribution in [0.4, 0.5) is 0 Å². The second kappa shape index (κ2) is 3.30. The average Bonchev–Trinajstić information content (AvgIpc) is 2.59. The van der Waals surface area contributed by atoms with Gasteiger partial charge in [0.05, 0.1) is 12.6 Å². The molecule has 0 aliphatic carbocycles. The smallest absolute Gasteiger partial charge is 0.142 e. The fourth-order valence-corrected chi connectivity index (χ4v) is 1.70. The van der Waals surface area contributed by atoms with E-state index in [9.17, 15) is 0 Å². The van der Waals surface area contributed by atoms with Crippen molar-refractivity contribution < 1.29 is 4.74 Å². The van der Waals surface area contributed by atoms with Crippen molar-refractivity contribution in [3.8, 4) is 5.75 Å². The van der Waals surface area contributed by atoms with E-state index in [0.29, 0.717) is 0 Å². The normalized spacial score (nSPS) is 12.0. The van der Waals surface area contributed by atoms with E-state index < -0.39 is 0 Å². The summed E-state index contributed by atoms with van der Waals surface area (Å²) in [5.41, 5.74) is 2.47. The van der Waals surface area contributed by atoms with Crippen LogP contribution in [0.3, 0.4) is 0 Å². The van der Waals surface area contributed by atoms with Crippen LogP contribution in [0.5, 0.6) is 5.75 Å². The van der Waals surface area contributed by atoms with Crippen LogP contribution in [0.25, 0.3) is 10.9 Å². The molecule has 0 saturated carbocycles. The Morgan fingerprint density at radius 1 is 1.20 bits per heavy atom. The van der Waals surface area contributed by atoms with Gasteiger partial charge >= 0.3 is 0 Å². The summed E-state index contributed by atoms with van der Waals surface area (Å²) < 4.78 is 5.32. The highest BCUT2D eigenvalue weighted by Crippen LogP contribution is 2.30. The molecule has 1 aromatic carbocycles. The number of aromatic nitrogens is 1. The SMILES string of the molecule is COc1cccc2cc(C(C)(C)C)[nH]c12. The molecule has 1 heterocycles. The second-order valence-corrected chi connectivity index (χ2v) is 4.86. The van der Waals surface area contributed by atoms with Crippen molar-refractivity contribution in [2.75, 3.05) is 7.11 Å². The lowest BCUT2D eigenvalue weighted by Crippen LogP contribution is -2.11. The van der Waals surface area contributed by atoms with E-state index in [0.717, 1.165) is 11.3 Å². The lowest BCUT2D eigenvalue weighted by molar-refractivity contribution is 0.419. The number of ether oxygens (including phenoxy) is 1. The van der Waals surface area contributed by atoms with Gasteiger partial charge in [0.2, 0.25) is 0 Å². The molecule has 0 saturated heterocycles. The minimum Gasteiger partial charge on any atom is -0.495 e. The Hall–Kier alpha value is -1.44. The van der Waals surface area contributed by atoms with Crippen molar-refractivity contribution in [3.05, 3.63) is 30.0 Å². The van der Waals surface area contributed by atoms with Gasteiger partial charge in [0.1, 0.15) is 5.75 Å². The van der Waals surface area contributed by atoms with Crippen LogP contribution >= 0.6 is 0 Å². The Morgan fingerprint density at radius 3 is 2.53 bits per heavy atom. The molecule has 80 valence electrons. The number of fused-ring (bicyclic) bond motifs is 1. The summed E-state index contributed by atoms with van der Waals surface area (Å²) in [4.78, 5) is 3.43. The number of para-hydroxylation sites is 1. The number of nitrogens with one attached hydrogen (secondary N) is 1. The zero-order chi connectivity index (χ0) is 11.1. The summed E-state index contributed by atoms with van der Waals surface area (Å²) in [7, 11) is 1.70. The van der Waals surface area contributed by atoms with Crippen molar-refractivity contribution >= 4 is 10.9 Å². The number of hydrogen-bond donors (Lipinski definition) is 1. The largest absolute Gasteiger partial charge is 0.495 e. The second-order valence-electron chi connectivity index (χ2n) is 4.86. The number of benzene rings is 1. The van der Waals surface area contributed by atoms with Crippen LogP contribution in [0, 0.1) is 0 Å². The van der Waals surface area contributed by atoms with Crippen molar-refractivity contribution in [1.82, 2.24) is 4.98 Å². The summed E-state index contributed by atoms with van der Waals surface area (Å²) >= 11 is 0. The van der Waals surface area contributed by atoms with Crippen molar-refractivity contribution in [3.63, 3.8) is 0 Å². The third kappa shape index (κ3) is 1.72. The maximum absolute atomic E-state index is 5.32. The number of hydrogen-bond acceptors (Lipinski definition) is 1. The predicted molar refractivity (Wildman–Crippen MR) is 63.6 cm³/mol. The Morgan fingerprint density at radius 2 is 1.93 bits per heavy atom. The van der Waals surface area contributed by atoms with Crippen LogP contribution in [-0.2, 0) is 5.41 Å². The molecule has 1 aromatic heterocycles. The first-order valence-corrected chi connectivity index (χ1v) is 5.18. The molecule has 2 aromatic rings. The van der Waals surface area contributed by atoms with Crippen LogP contribution in [0.1, 0.15) is 26.5 Å². The maximum atomic E-state index is 5.32. The highest BCUT2D eigenvalue weighted by atomic mass is 16.5. The van der Waals surface area contributed by atoms with Crippen LogP contribution in [0.15, 0.2) is 24.3 Å². The van der Waals surface area contributed by atoms with Gasteiger partial charge in [-0.05, 0) is 12.1 Å². The molecule has 0 amide bonds. The average molecular weight is 203 g/mol. The zero-order valence-corrected chi connectivity index (χ0v) is 9.72. The lowest BCUT2D eigenvalue weighted by Gasteiger charge is -2.15. The zero-order valence-electron chi connectivity index (χ0n) is 9.72. The van der Waals surface area contributed by atoms with Gasteiger partial charge in [0.15, 0.2) is 0 Å². The number of methoxy groups -OCH3 is 1. The minimum atomic E-state index is 0.143. The van der Waals surface area contributed by atoms with E-state index in [1.165, 1.54) is 11.1 Å². The first-order valence-electron chi connectivity index (χ1n) is 5.18. The number of aromatic amines is 1. The van der Waals surface area contributed by atoms with Crippen LogP contribution in [0.2, 0.25) is 0 Å². The Labute approximate surface area is 90.3 Å². The molecule has 1 N–H and O–H groups in total. The molecule has 0 radical (unpaired) electrons. The Bertz CT molecular complexity index is 477. The minimum absolute atomic E-state index is 0.143. The summed E-state index contributed by atoms with van der Waals surface area (Å²) in [5.74, 6) is 0.906. The van der Waals surface area contributed by atoms with Gasteiger partial charge < -0.3 is 9.72 Å². The van der Waals surface area contributed by atoms with Gasteiger partial charge in [0.25, 0.3) is 0 Å². The molecule has 0 unspecified atom stereocenters. The topological polar surface area (TPSA) is 25.0 Å². The monoisotopic (exact) mass is 203 g/mol. The maximum Gasteiger partial charge on any atom is 0.142 e. The first kappa shape index (κ1) is 10.1. The highest BCUT2D eigenvalue weighted by molar-refractivity contribution is 5.86. The van der Waals surface area contributed by atoms with Gasteiger partial charge in [0, 0.05) is 16.5 Å². The third-order valence-corrected chi connectivity index (χ3v) is 2.65. The third-order valence-electron chi connectivity index (χ3n) is 2.65. The predicted octanol–water partition coefficient (Wildman–Crippen LogP) is 3.47. The molecule has 0 fully saturated rings. The molecular weight excluding hydrogens is 186 g/mol. The van der Waals surface area contributed by atoms with Crippen molar-refractivity contribution in [2.45, 2.75) is 26.2 Å². The first-order chi connectivity index (χ1) is 7.02.